The molecule has 0 spiro atoms. The zero-order valence-corrected chi connectivity index (χ0v) is 16.2. The minimum Gasteiger partial charge on any atom is -0.364 e. The zero-order valence-electron chi connectivity index (χ0n) is 14.6. The Labute approximate surface area is 161 Å². The van der Waals surface area contributed by atoms with Gasteiger partial charge in [-0.25, -0.2) is 21.5 Å². The Balaban J connectivity index is 1.89. The number of amides is 1. The molecule has 2 aromatic carbocycles. The molecule has 0 saturated carbocycles. The lowest BCUT2D eigenvalue weighted by atomic mass is 10.3. The van der Waals surface area contributed by atoms with Gasteiger partial charge in [-0.2, -0.15) is 5.10 Å². The summed E-state index contributed by atoms with van der Waals surface area (Å²) in [5, 5.41) is 4.01. The highest BCUT2D eigenvalue weighted by molar-refractivity contribution is 7.95. The predicted octanol–water partition coefficient (Wildman–Crippen LogP) is 1.18. The molecule has 0 aliphatic rings. The summed E-state index contributed by atoms with van der Waals surface area (Å²) in [4.78, 5) is 10.5. The average Bonchev–Trinajstić information content (AvgIpc) is 3.12. The van der Waals surface area contributed by atoms with Crippen LogP contribution >= 0.6 is 0 Å². The molecule has 9 nitrogen and oxygen atoms in total. The highest BCUT2D eigenvalue weighted by Crippen LogP contribution is 2.23. The van der Waals surface area contributed by atoms with Gasteiger partial charge in [0, 0.05) is 18.1 Å². The standard InChI is InChI=1S/C17H16N4O5S2/c1-27(23,24)15-4-2-3-5-16(15)28(25,26)20-12-6-8-13(9-7-12)21-11-10-14(19-21)17(18)22/h2-11,20H,1H3,(H2,18,22). The molecular formula is C17H16N4O5S2. The monoisotopic (exact) mass is 420 g/mol. The van der Waals surface area contributed by atoms with Crippen LogP contribution < -0.4 is 10.5 Å². The minimum atomic E-state index is -4.12. The average molecular weight is 420 g/mol. The summed E-state index contributed by atoms with van der Waals surface area (Å²) < 4.78 is 52.8. The number of sulfonamides is 1. The molecule has 3 N–H and O–H groups in total. The van der Waals surface area contributed by atoms with E-state index in [1.165, 1.54) is 47.1 Å². The molecule has 0 atom stereocenters. The SMILES string of the molecule is CS(=O)(=O)c1ccccc1S(=O)(=O)Nc1ccc(-n2ccc(C(N)=O)n2)cc1. The fraction of sp³-hybridized carbons (Fsp3) is 0.0588. The van der Waals surface area contributed by atoms with Crippen molar-refractivity contribution >= 4 is 31.5 Å². The van der Waals surface area contributed by atoms with E-state index in [0.717, 1.165) is 6.26 Å². The van der Waals surface area contributed by atoms with Gasteiger partial charge in [-0.05, 0) is 42.5 Å². The van der Waals surface area contributed by atoms with Gasteiger partial charge in [0.05, 0.1) is 10.6 Å². The number of hydrogen-bond acceptors (Lipinski definition) is 6. The van der Waals surface area contributed by atoms with Crippen molar-refractivity contribution in [3.63, 3.8) is 0 Å². The summed E-state index contributed by atoms with van der Waals surface area (Å²) >= 11 is 0. The Morgan fingerprint density at radius 3 is 2.11 bits per heavy atom. The summed E-state index contributed by atoms with van der Waals surface area (Å²) in [6, 6.07) is 13.0. The van der Waals surface area contributed by atoms with Gasteiger partial charge < -0.3 is 5.73 Å². The second-order valence-corrected chi connectivity index (χ2v) is 9.52. The molecule has 0 radical (unpaired) electrons. The van der Waals surface area contributed by atoms with Crippen LogP contribution in [0.25, 0.3) is 5.69 Å². The zero-order chi connectivity index (χ0) is 20.5. The van der Waals surface area contributed by atoms with Crippen LogP contribution in [0.5, 0.6) is 0 Å². The van der Waals surface area contributed by atoms with Gasteiger partial charge in [-0.1, -0.05) is 12.1 Å². The van der Waals surface area contributed by atoms with Crippen molar-refractivity contribution in [3.8, 4) is 5.69 Å². The quantitative estimate of drug-likeness (QED) is 0.613. The Hall–Kier alpha value is -3.18. The van der Waals surface area contributed by atoms with Crippen molar-refractivity contribution in [1.82, 2.24) is 9.78 Å². The molecule has 0 unspecified atom stereocenters. The molecule has 0 aliphatic carbocycles. The number of nitrogens with two attached hydrogens (primary N) is 1. The maximum Gasteiger partial charge on any atom is 0.269 e. The van der Waals surface area contributed by atoms with Crippen LogP contribution in [-0.4, -0.2) is 38.8 Å². The van der Waals surface area contributed by atoms with Gasteiger partial charge in [0.2, 0.25) is 0 Å². The minimum absolute atomic E-state index is 0.0992. The molecule has 0 aliphatic heterocycles. The van der Waals surface area contributed by atoms with Gasteiger partial charge in [0.15, 0.2) is 9.84 Å². The number of carbonyl (C=O) groups is 1. The highest BCUT2D eigenvalue weighted by Gasteiger charge is 2.23. The lowest BCUT2D eigenvalue weighted by Gasteiger charge is -2.12. The van der Waals surface area contributed by atoms with Crippen molar-refractivity contribution in [2.24, 2.45) is 5.73 Å². The third-order valence-electron chi connectivity index (χ3n) is 3.76. The molecule has 0 saturated heterocycles. The highest BCUT2D eigenvalue weighted by atomic mass is 32.2. The van der Waals surface area contributed by atoms with Crippen LogP contribution in [0, 0.1) is 0 Å². The number of carbonyl (C=O) groups excluding carboxylic acids is 1. The van der Waals surface area contributed by atoms with E-state index < -0.39 is 25.8 Å². The first-order valence-corrected chi connectivity index (χ1v) is 11.2. The van der Waals surface area contributed by atoms with Gasteiger partial charge in [-0.15, -0.1) is 0 Å². The van der Waals surface area contributed by atoms with Crippen molar-refractivity contribution in [3.05, 3.63) is 66.5 Å². The predicted molar refractivity (Wildman–Crippen MR) is 102 cm³/mol. The smallest absolute Gasteiger partial charge is 0.269 e. The molecule has 1 heterocycles. The summed E-state index contributed by atoms with van der Waals surface area (Å²) in [7, 11) is -7.85. The maximum atomic E-state index is 12.7. The topological polar surface area (TPSA) is 141 Å². The summed E-state index contributed by atoms with van der Waals surface area (Å²) in [5.74, 6) is -0.660. The lowest BCUT2D eigenvalue weighted by molar-refractivity contribution is 0.0995. The van der Waals surface area contributed by atoms with Gasteiger partial charge in [-0.3, -0.25) is 9.52 Å². The number of rotatable bonds is 6. The number of nitrogens with zero attached hydrogens (tertiary/aromatic N) is 2. The third kappa shape index (κ3) is 4.05. The van der Waals surface area contributed by atoms with Crippen LogP contribution in [-0.2, 0) is 19.9 Å². The van der Waals surface area contributed by atoms with Gasteiger partial charge in [0.25, 0.3) is 15.9 Å². The van der Waals surface area contributed by atoms with Crippen LogP contribution in [0.4, 0.5) is 5.69 Å². The van der Waals surface area contributed by atoms with Crippen molar-refractivity contribution in [2.75, 3.05) is 11.0 Å². The molecule has 146 valence electrons. The van der Waals surface area contributed by atoms with E-state index in [1.807, 2.05) is 0 Å². The summed E-state index contributed by atoms with van der Waals surface area (Å²) in [6.45, 7) is 0. The van der Waals surface area contributed by atoms with E-state index in [-0.39, 0.29) is 21.2 Å². The number of aromatic nitrogens is 2. The fourth-order valence-corrected chi connectivity index (χ4v) is 5.16. The van der Waals surface area contributed by atoms with E-state index in [1.54, 1.807) is 18.3 Å². The number of anilines is 1. The number of nitrogens with one attached hydrogen (secondary N) is 1. The fourth-order valence-electron chi connectivity index (χ4n) is 2.47. The van der Waals surface area contributed by atoms with E-state index in [2.05, 4.69) is 9.82 Å². The first-order valence-electron chi connectivity index (χ1n) is 7.86. The molecular weight excluding hydrogens is 404 g/mol. The van der Waals surface area contributed by atoms with Gasteiger partial charge >= 0.3 is 0 Å². The van der Waals surface area contributed by atoms with Crippen molar-refractivity contribution < 1.29 is 21.6 Å². The Bertz CT molecular complexity index is 1250. The van der Waals surface area contributed by atoms with Crippen LogP contribution in [0.2, 0.25) is 0 Å². The van der Waals surface area contributed by atoms with E-state index >= 15 is 0 Å². The molecule has 0 bridgehead atoms. The lowest BCUT2D eigenvalue weighted by Crippen LogP contribution is -2.16. The molecule has 3 aromatic rings. The van der Waals surface area contributed by atoms with Crippen molar-refractivity contribution in [1.29, 1.82) is 0 Å². The number of benzene rings is 2. The van der Waals surface area contributed by atoms with Gasteiger partial charge in [0.1, 0.15) is 10.6 Å². The van der Waals surface area contributed by atoms with Crippen molar-refractivity contribution in [2.45, 2.75) is 9.79 Å². The largest absolute Gasteiger partial charge is 0.364 e. The second kappa shape index (κ2) is 7.09. The van der Waals surface area contributed by atoms with Crippen LogP contribution in [0.3, 0.4) is 0 Å². The molecule has 1 aromatic heterocycles. The Morgan fingerprint density at radius 2 is 1.57 bits per heavy atom. The first kappa shape index (κ1) is 19.6. The van der Waals surface area contributed by atoms with Crippen LogP contribution in [0.15, 0.2) is 70.6 Å². The number of hydrogen-bond donors (Lipinski definition) is 2. The Morgan fingerprint density at radius 1 is 0.964 bits per heavy atom. The maximum absolute atomic E-state index is 12.7. The number of sulfone groups is 1. The van der Waals surface area contributed by atoms with E-state index in [4.69, 9.17) is 5.73 Å². The molecule has 1 amide bonds. The Kier molecular flexibility index (Phi) is 4.96. The molecule has 28 heavy (non-hydrogen) atoms. The van der Waals surface area contributed by atoms with E-state index in [0.29, 0.717) is 5.69 Å². The molecule has 0 fully saturated rings. The second-order valence-electron chi connectivity index (χ2n) is 5.88. The molecule has 11 heteroatoms. The normalized spacial score (nSPS) is 11.9. The van der Waals surface area contributed by atoms with E-state index in [9.17, 15) is 21.6 Å². The first-order chi connectivity index (χ1) is 13.1. The third-order valence-corrected chi connectivity index (χ3v) is 6.49. The molecule has 3 rings (SSSR count). The number of primary amides is 1. The summed E-state index contributed by atoms with van der Waals surface area (Å²) in [5.41, 5.74) is 6.07. The summed E-state index contributed by atoms with van der Waals surface area (Å²) in [6.07, 6.45) is 2.49. The van der Waals surface area contributed by atoms with Crippen LogP contribution in [0.1, 0.15) is 10.5 Å².